The predicted molar refractivity (Wildman–Crippen MR) is 71.1 cm³/mol. The molecule has 0 saturated heterocycles. The van der Waals surface area contributed by atoms with Gasteiger partial charge >= 0.3 is 0 Å². The van der Waals surface area contributed by atoms with E-state index in [0.29, 0.717) is 0 Å². The Morgan fingerprint density at radius 3 is 2.94 bits per heavy atom. The topological polar surface area (TPSA) is 50.9 Å². The van der Waals surface area contributed by atoms with Crippen LogP contribution in [0.1, 0.15) is 64.5 Å². The lowest BCUT2D eigenvalue weighted by Crippen LogP contribution is -2.28. The lowest BCUT2D eigenvalue weighted by atomic mass is 9.90. The average molecular weight is 251 g/mol. The summed E-state index contributed by atoms with van der Waals surface area (Å²) in [6.45, 7) is 5.21. The Kier molecular flexibility index (Phi) is 4.38. The SMILES string of the molecule is CCCn1nncc1C1(O)CCCC(CC)CC1. The number of hydrogen-bond acceptors (Lipinski definition) is 3. The molecule has 1 fully saturated rings. The molecular weight excluding hydrogens is 226 g/mol. The lowest BCUT2D eigenvalue weighted by molar-refractivity contribution is 0.0107. The molecule has 2 unspecified atom stereocenters. The molecule has 1 aromatic heterocycles. The van der Waals surface area contributed by atoms with E-state index in [1.807, 2.05) is 4.68 Å². The van der Waals surface area contributed by atoms with Crippen LogP contribution in [-0.4, -0.2) is 20.1 Å². The van der Waals surface area contributed by atoms with Crippen LogP contribution in [0.3, 0.4) is 0 Å². The lowest BCUT2D eigenvalue weighted by Gasteiger charge is -2.27. The molecule has 4 nitrogen and oxygen atoms in total. The number of nitrogens with zero attached hydrogens (tertiary/aromatic N) is 3. The molecule has 4 heteroatoms. The second kappa shape index (κ2) is 5.83. The molecule has 0 spiro atoms. The first kappa shape index (κ1) is 13.5. The highest BCUT2D eigenvalue weighted by atomic mass is 16.3. The van der Waals surface area contributed by atoms with Crippen molar-refractivity contribution in [3.63, 3.8) is 0 Å². The van der Waals surface area contributed by atoms with Gasteiger partial charge in [0, 0.05) is 6.54 Å². The number of hydrogen-bond donors (Lipinski definition) is 1. The second-order valence-corrected chi connectivity index (χ2v) is 5.58. The monoisotopic (exact) mass is 251 g/mol. The molecule has 1 N–H and O–H groups in total. The molecule has 0 amide bonds. The fourth-order valence-electron chi connectivity index (χ4n) is 3.05. The van der Waals surface area contributed by atoms with Crippen molar-refractivity contribution in [2.45, 2.75) is 70.9 Å². The van der Waals surface area contributed by atoms with E-state index in [1.54, 1.807) is 6.20 Å². The van der Waals surface area contributed by atoms with Gasteiger partial charge in [-0.15, -0.1) is 5.10 Å². The van der Waals surface area contributed by atoms with E-state index < -0.39 is 5.60 Å². The summed E-state index contributed by atoms with van der Waals surface area (Å²) in [5.74, 6) is 0.773. The van der Waals surface area contributed by atoms with Crippen LogP contribution in [0.4, 0.5) is 0 Å². The average Bonchev–Trinajstić information content (AvgIpc) is 2.74. The van der Waals surface area contributed by atoms with E-state index >= 15 is 0 Å². The fraction of sp³-hybridized carbons (Fsp3) is 0.857. The summed E-state index contributed by atoms with van der Waals surface area (Å²) in [6.07, 6.45) is 9.16. The molecule has 1 heterocycles. The van der Waals surface area contributed by atoms with Gasteiger partial charge in [-0.2, -0.15) is 0 Å². The van der Waals surface area contributed by atoms with Crippen molar-refractivity contribution in [3.05, 3.63) is 11.9 Å². The third-order valence-electron chi connectivity index (χ3n) is 4.28. The van der Waals surface area contributed by atoms with Crippen LogP contribution in [0.15, 0.2) is 6.20 Å². The Bertz CT molecular complexity index is 377. The first-order chi connectivity index (χ1) is 8.69. The summed E-state index contributed by atoms with van der Waals surface area (Å²) >= 11 is 0. The van der Waals surface area contributed by atoms with Crippen molar-refractivity contribution in [2.75, 3.05) is 0 Å². The van der Waals surface area contributed by atoms with Gasteiger partial charge in [0.2, 0.25) is 0 Å². The van der Waals surface area contributed by atoms with Crippen LogP contribution < -0.4 is 0 Å². The standard InChI is InChI=1S/C14H25N3O/c1-3-10-17-13(11-15-16-17)14(18)8-5-6-12(4-2)7-9-14/h11-12,18H,3-10H2,1-2H3. The molecule has 1 saturated carbocycles. The van der Waals surface area contributed by atoms with Gasteiger partial charge in [0.15, 0.2) is 0 Å². The second-order valence-electron chi connectivity index (χ2n) is 5.58. The van der Waals surface area contributed by atoms with Crippen molar-refractivity contribution in [3.8, 4) is 0 Å². The van der Waals surface area contributed by atoms with E-state index in [4.69, 9.17) is 0 Å². The summed E-state index contributed by atoms with van der Waals surface area (Å²) in [5, 5.41) is 19.0. The van der Waals surface area contributed by atoms with Gasteiger partial charge in [-0.3, -0.25) is 0 Å². The zero-order valence-electron chi connectivity index (χ0n) is 11.6. The van der Waals surface area contributed by atoms with Crippen LogP contribution in [0.5, 0.6) is 0 Å². The van der Waals surface area contributed by atoms with Gasteiger partial charge < -0.3 is 5.11 Å². The number of rotatable bonds is 4. The summed E-state index contributed by atoms with van der Waals surface area (Å²) in [7, 11) is 0. The maximum Gasteiger partial charge on any atom is 0.108 e. The molecule has 2 atom stereocenters. The number of aromatic nitrogens is 3. The molecule has 1 aromatic rings. The quantitative estimate of drug-likeness (QED) is 0.837. The molecule has 0 aliphatic heterocycles. The highest BCUT2D eigenvalue weighted by molar-refractivity contribution is 5.09. The summed E-state index contributed by atoms with van der Waals surface area (Å²) in [5.41, 5.74) is 0.212. The van der Waals surface area contributed by atoms with E-state index in [9.17, 15) is 5.11 Å². The normalized spacial score (nSPS) is 29.2. The largest absolute Gasteiger partial charge is 0.384 e. The van der Waals surface area contributed by atoms with Gasteiger partial charge in [-0.25, -0.2) is 4.68 Å². The van der Waals surface area contributed by atoms with Crippen molar-refractivity contribution in [1.82, 2.24) is 15.0 Å². The van der Waals surface area contributed by atoms with Gasteiger partial charge in [0.25, 0.3) is 0 Å². The van der Waals surface area contributed by atoms with E-state index in [0.717, 1.165) is 50.3 Å². The van der Waals surface area contributed by atoms with Crippen LogP contribution >= 0.6 is 0 Å². The fourth-order valence-corrected chi connectivity index (χ4v) is 3.05. The van der Waals surface area contributed by atoms with Crippen LogP contribution in [0.25, 0.3) is 0 Å². The molecule has 0 aromatic carbocycles. The summed E-state index contributed by atoms with van der Waals surface area (Å²) < 4.78 is 1.88. The minimum atomic E-state index is -0.706. The van der Waals surface area contributed by atoms with Crippen LogP contribution in [-0.2, 0) is 12.1 Å². The molecule has 0 bridgehead atoms. The number of aliphatic hydroxyl groups is 1. The van der Waals surface area contributed by atoms with Gasteiger partial charge in [-0.05, 0) is 38.0 Å². The Morgan fingerprint density at radius 1 is 1.39 bits per heavy atom. The highest BCUT2D eigenvalue weighted by Gasteiger charge is 2.35. The molecule has 0 radical (unpaired) electrons. The minimum Gasteiger partial charge on any atom is -0.384 e. The zero-order valence-corrected chi connectivity index (χ0v) is 11.6. The Hall–Kier alpha value is -0.900. The van der Waals surface area contributed by atoms with E-state index in [1.165, 1.54) is 12.8 Å². The third-order valence-corrected chi connectivity index (χ3v) is 4.28. The summed E-state index contributed by atoms with van der Waals surface area (Å²) in [6, 6.07) is 0. The maximum atomic E-state index is 10.9. The van der Waals surface area contributed by atoms with Crippen LogP contribution in [0, 0.1) is 5.92 Å². The maximum absolute atomic E-state index is 10.9. The van der Waals surface area contributed by atoms with Gasteiger partial charge in [0.1, 0.15) is 5.60 Å². The molecular formula is C14H25N3O. The van der Waals surface area contributed by atoms with E-state index in [-0.39, 0.29) is 0 Å². The zero-order chi connectivity index (χ0) is 13.0. The molecule has 102 valence electrons. The smallest absolute Gasteiger partial charge is 0.108 e. The molecule has 1 aliphatic carbocycles. The third kappa shape index (κ3) is 2.74. The van der Waals surface area contributed by atoms with Crippen molar-refractivity contribution >= 4 is 0 Å². The molecule has 1 aliphatic rings. The summed E-state index contributed by atoms with van der Waals surface area (Å²) in [4.78, 5) is 0. The highest BCUT2D eigenvalue weighted by Crippen LogP contribution is 2.38. The number of aryl methyl sites for hydroxylation is 1. The van der Waals surface area contributed by atoms with Gasteiger partial charge in [-0.1, -0.05) is 31.9 Å². The Morgan fingerprint density at radius 2 is 2.22 bits per heavy atom. The Balaban J connectivity index is 2.16. The first-order valence-electron chi connectivity index (χ1n) is 7.31. The van der Waals surface area contributed by atoms with Crippen molar-refractivity contribution in [2.24, 2.45) is 5.92 Å². The van der Waals surface area contributed by atoms with Crippen molar-refractivity contribution in [1.29, 1.82) is 0 Å². The van der Waals surface area contributed by atoms with Crippen molar-refractivity contribution < 1.29 is 5.11 Å². The molecule has 2 rings (SSSR count). The van der Waals surface area contributed by atoms with Gasteiger partial charge in [0.05, 0.1) is 11.9 Å². The Labute approximate surface area is 109 Å². The van der Waals surface area contributed by atoms with E-state index in [2.05, 4.69) is 24.2 Å². The van der Waals surface area contributed by atoms with Crippen LogP contribution in [0.2, 0.25) is 0 Å². The molecule has 18 heavy (non-hydrogen) atoms. The predicted octanol–water partition coefficient (Wildman–Crippen LogP) is 2.87. The minimum absolute atomic E-state index is 0.706. The first-order valence-corrected chi connectivity index (χ1v) is 7.31.